The Morgan fingerprint density at radius 1 is 0.941 bits per heavy atom. The van der Waals surface area contributed by atoms with Gasteiger partial charge in [0.15, 0.2) is 0 Å². The van der Waals surface area contributed by atoms with Gasteiger partial charge >= 0.3 is 5.69 Å². The predicted octanol–water partition coefficient (Wildman–Crippen LogP) is 4.21. The third kappa shape index (κ3) is 3.41. The third-order valence-corrected chi connectivity index (χ3v) is 7.96. The van der Waals surface area contributed by atoms with E-state index in [9.17, 15) is 4.79 Å². The van der Waals surface area contributed by atoms with Gasteiger partial charge in [-0.1, -0.05) is 6.07 Å². The molecule has 0 N–H and O–H groups in total. The van der Waals surface area contributed by atoms with Gasteiger partial charge in [0.2, 0.25) is 0 Å². The number of piperidine rings is 1. The standard InChI is InChI=1S/C27H32N6O/c1-30(2)20-11-13-32(14-12-20)25-10-8-19(16-29-25)18-7-9-23-22(15-18)26-24(17-28-23)31(3)27(34)33(26)21-5-4-6-21/h7-10,15-17,20-21H,4-6,11-14H2,1-3H3. The summed E-state index contributed by atoms with van der Waals surface area (Å²) in [7, 11) is 6.18. The second kappa shape index (κ2) is 8.24. The number of aryl methyl sites for hydroxylation is 1. The summed E-state index contributed by atoms with van der Waals surface area (Å²) in [6, 6.07) is 11.6. The SMILES string of the molecule is CN(C)C1CCN(c2ccc(-c3ccc4ncc5c(c4c3)n(C3CCC3)c(=O)n5C)cn2)CC1. The van der Waals surface area contributed by atoms with Crippen molar-refractivity contribution in [3.05, 3.63) is 53.2 Å². The van der Waals surface area contributed by atoms with Gasteiger partial charge in [0.05, 0.1) is 22.7 Å². The largest absolute Gasteiger partial charge is 0.357 e. The molecular formula is C27H32N6O. The van der Waals surface area contributed by atoms with Crippen molar-refractivity contribution in [3.63, 3.8) is 0 Å². The number of hydrogen-bond donors (Lipinski definition) is 0. The minimum absolute atomic E-state index is 0.0588. The molecule has 0 atom stereocenters. The van der Waals surface area contributed by atoms with Gasteiger partial charge in [0, 0.05) is 49.4 Å². The minimum atomic E-state index is 0.0588. The first-order valence-corrected chi connectivity index (χ1v) is 12.4. The van der Waals surface area contributed by atoms with Crippen LogP contribution in [-0.2, 0) is 7.05 Å². The van der Waals surface area contributed by atoms with E-state index in [1.165, 1.54) is 19.3 Å². The first-order valence-electron chi connectivity index (χ1n) is 12.4. The Hall–Kier alpha value is -3.19. The van der Waals surface area contributed by atoms with Gasteiger partial charge in [-0.15, -0.1) is 0 Å². The normalized spacial score (nSPS) is 17.7. The number of fused-ring (bicyclic) bond motifs is 3. The van der Waals surface area contributed by atoms with E-state index < -0.39 is 0 Å². The highest BCUT2D eigenvalue weighted by molar-refractivity contribution is 6.04. The van der Waals surface area contributed by atoms with Crippen LogP contribution in [0.4, 0.5) is 5.82 Å². The van der Waals surface area contributed by atoms with Crippen LogP contribution in [0.1, 0.15) is 38.1 Å². The molecule has 1 aliphatic carbocycles. The first kappa shape index (κ1) is 21.4. The molecule has 1 aliphatic heterocycles. The molecule has 2 fully saturated rings. The maximum atomic E-state index is 13.0. The Morgan fingerprint density at radius 2 is 1.71 bits per heavy atom. The summed E-state index contributed by atoms with van der Waals surface area (Å²) < 4.78 is 3.74. The number of benzene rings is 1. The number of hydrogen-bond acceptors (Lipinski definition) is 5. The van der Waals surface area contributed by atoms with Crippen LogP contribution >= 0.6 is 0 Å². The van der Waals surface area contributed by atoms with E-state index in [1.807, 2.05) is 24.0 Å². The molecular weight excluding hydrogens is 424 g/mol. The smallest absolute Gasteiger partial charge is 0.329 e. The fourth-order valence-corrected chi connectivity index (χ4v) is 5.55. The van der Waals surface area contributed by atoms with Gasteiger partial charge in [0.1, 0.15) is 5.82 Å². The average molecular weight is 457 g/mol. The fourth-order valence-electron chi connectivity index (χ4n) is 5.55. The first-order chi connectivity index (χ1) is 16.5. The summed E-state index contributed by atoms with van der Waals surface area (Å²) >= 11 is 0. The topological polar surface area (TPSA) is 59.2 Å². The lowest BCUT2D eigenvalue weighted by molar-refractivity contribution is 0.249. The van der Waals surface area contributed by atoms with E-state index in [0.717, 1.165) is 64.8 Å². The molecule has 4 heterocycles. The minimum Gasteiger partial charge on any atom is -0.357 e. The third-order valence-electron chi connectivity index (χ3n) is 7.96. The van der Waals surface area contributed by atoms with Crippen LogP contribution in [0, 0.1) is 0 Å². The van der Waals surface area contributed by atoms with Crippen LogP contribution in [0.3, 0.4) is 0 Å². The van der Waals surface area contributed by atoms with Gasteiger partial charge in [0.25, 0.3) is 0 Å². The zero-order chi connectivity index (χ0) is 23.4. The fraction of sp³-hybridized carbons (Fsp3) is 0.444. The molecule has 1 aromatic carbocycles. The molecule has 6 rings (SSSR count). The zero-order valence-electron chi connectivity index (χ0n) is 20.2. The number of rotatable bonds is 4. The molecule has 176 valence electrons. The number of pyridine rings is 2. The van der Waals surface area contributed by atoms with Crippen molar-refractivity contribution in [1.29, 1.82) is 0 Å². The molecule has 3 aromatic heterocycles. The highest BCUT2D eigenvalue weighted by Gasteiger charge is 2.26. The number of aromatic nitrogens is 4. The van der Waals surface area contributed by atoms with Crippen molar-refractivity contribution in [3.8, 4) is 11.1 Å². The maximum Gasteiger partial charge on any atom is 0.329 e. The molecule has 34 heavy (non-hydrogen) atoms. The summed E-state index contributed by atoms with van der Waals surface area (Å²) in [5, 5.41) is 1.04. The zero-order valence-corrected chi connectivity index (χ0v) is 20.2. The Balaban J connectivity index is 1.36. The number of imidazole rings is 1. The Labute approximate surface area is 199 Å². The molecule has 0 unspecified atom stereocenters. The molecule has 4 aromatic rings. The molecule has 2 aliphatic rings. The lowest BCUT2D eigenvalue weighted by Crippen LogP contribution is -2.42. The van der Waals surface area contributed by atoms with Gasteiger partial charge in [-0.3, -0.25) is 14.1 Å². The Morgan fingerprint density at radius 3 is 2.35 bits per heavy atom. The second-order valence-corrected chi connectivity index (χ2v) is 10.1. The van der Waals surface area contributed by atoms with E-state index in [1.54, 1.807) is 4.57 Å². The van der Waals surface area contributed by atoms with Gasteiger partial charge in [-0.25, -0.2) is 9.78 Å². The average Bonchev–Trinajstić information content (AvgIpc) is 3.08. The van der Waals surface area contributed by atoms with E-state index in [0.29, 0.717) is 12.1 Å². The maximum absolute atomic E-state index is 13.0. The number of nitrogens with zero attached hydrogens (tertiary/aromatic N) is 6. The Kier molecular flexibility index (Phi) is 5.17. The van der Waals surface area contributed by atoms with E-state index in [4.69, 9.17) is 4.98 Å². The van der Waals surface area contributed by atoms with Crippen molar-refractivity contribution in [2.75, 3.05) is 32.1 Å². The molecule has 1 saturated heterocycles. The van der Waals surface area contributed by atoms with E-state index in [2.05, 4.69) is 59.2 Å². The van der Waals surface area contributed by atoms with Crippen molar-refractivity contribution >= 4 is 27.8 Å². The number of anilines is 1. The highest BCUT2D eigenvalue weighted by atomic mass is 16.1. The molecule has 0 spiro atoms. The van der Waals surface area contributed by atoms with E-state index in [-0.39, 0.29) is 5.69 Å². The van der Waals surface area contributed by atoms with Gasteiger partial charge in [-0.2, -0.15) is 0 Å². The summed E-state index contributed by atoms with van der Waals surface area (Å²) in [6.07, 6.45) is 9.48. The van der Waals surface area contributed by atoms with Crippen molar-refractivity contribution in [1.82, 2.24) is 24.0 Å². The molecule has 1 saturated carbocycles. The van der Waals surface area contributed by atoms with Crippen LogP contribution in [0.5, 0.6) is 0 Å². The van der Waals surface area contributed by atoms with Crippen molar-refractivity contribution in [2.24, 2.45) is 7.05 Å². The molecule has 0 radical (unpaired) electrons. The second-order valence-electron chi connectivity index (χ2n) is 10.1. The molecule has 7 heteroatoms. The molecule has 0 bridgehead atoms. The lowest BCUT2D eigenvalue weighted by Gasteiger charge is -2.35. The van der Waals surface area contributed by atoms with Crippen molar-refractivity contribution < 1.29 is 0 Å². The summed E-state index contributed by atoms with van der Waals surface area (Å²) in [5.74, 6) is 1.05. The lowest BCUT2D eigenvalue weighted by atomic mass is 9.92. The van der Waals surface area contributed by atoms with Crippen LogP contribution in [-0.4, -0.2) is 57.2 Å². The van der Waals surface area contributed by atoms with Crippen molar-refractivity contribution in [2.45, 2.75) is 44.2 Å². The summed E-state index contributed by atoms with van der Waals surface area (Å²) in [6.45, 7) is 2.09. The summed E-state index contributed by atoms with van der Waals surface area (Å²) in [5.41, 5.74) is 5.07. The monoisotopic (exact) mass is 456 g/mol. The van der Waals surface area contributed by atoms with Crippen LogP contribution in [0.25, 0.3) is 33.1 Å². The molecule has 7 nitrogen and oxygen atoms in total. The van der Waals surface area contributed by atoms with Gasteiger partial charge in [-0.05, 0) is 76.0 Å². The van der Waals surface area contributed by atoms with Crippen LogP contribution in [0.15, 0.2) is 47.5 Å². The van der Waals surface area contributed by atoms with Crippen LogP contribution in [0.2, 0.25) is 0 Å². The predicted molar refractivity (Wildman–Crippen MR) is 138 cm³/mol. The van der Waals surface area contributed by atoms with E-state index >= 15 is 0 Å². The Bertz CT molecular complexity index is 1410. The summed E-state index contributed by atoms with van der Waals surface area (Å²) in [4.78, 5) is 27.2. The highest BCUT2D eigenvalue weighted by Crippen LogP contribution is 2.36. The molecule has 0 amide bonds. The quantitative estimate of drug-likeness (QED) is 0.461. The van der Waals surface area contributed by atoms with Crippen LogP contribution < -0.4 is 10.6 Å². The van der Waals surface area contributed by atoms with Gasteiger partial charge < -0.3 is 9.80 Å².